The van der Waals surface area contributed by atoms with Crippen molar-refractivity contribution in [1.82, 2.24) is 0 Å². The molecule has 2 heteroatoms. The van der Waals surface area contributed by atoms with E-state index in [1.165, 1.54) is 42.5 Å². The van der Waals surface area contributed by atoms with Crippen LogP contribution in [0.2, 0.25) is 0 Å². The quantitative estimate of drug-likeness (QED) is 0.582. The fourth-order valence-corrected chi connectivity index (χ4v) is 4.30. The zero-order valence-electron chi connectivity index (χ0n) is 13.4. The monoisotopic (exact) mass is 314 g/mol. The fraction of sp³-hybridized carbons (Fsp3) is 0.263. The van der Waals surface area contributed by atoms with Crippen LogP contribution in [0, 0.1) is 34.6 Å². The lowest BCUT2D eigenvalue weighted by Crippen LogP contribution is -1.89. The van der Waals surface area contributed by atoms with Crippen molar-refractivity contribution in [1.29, 1.82) is 0 Å². The molecule has 110 valence electrons. The molecule has 2 aromatic rings. The van der Waals surface area contributed by atoms with Crippen molar-refractivity contribution in [3.05, 3.63) is 64.1 Å². The van der Waals surface area contributed by atoms with Crippen LogP contribution in [0.4, 0.5) is 0 Å². The zero-order chi connectivity index (χ0) is 15.6. The van der Waals surface area contributed by atoms with Gasteiger partial charge in [0.1, 0.15) is 0 Å². The Morgan fingerprint density at radius 1 is 0.762 bits per heavy atom. The molecule has 2 aromatic carbocycles. The minimum atomic E-state index is 1.31. The Morgan fingerprint density at radius 2 is 1.19 bits per heavy atom. The number of hydrogen-bond donors (Lipinski definition) is 0. The first-order valence-electron chi connectivity index (χ1n) is 7.07. The molecular weight excluding hydrogens is 292 g/mol. The highest BCUT2D eigenvalue weighted by atomic mass is 32.2. The van der Waals surface area contributed by atoms with Gasteiger partial charge < -0.3 is 0 Å². The molecule has 0 radical (unpaired) electrons. The van der Waals surface area contributed by atoms with Crippen LogP contribution in [-0.4, -0.2) is 0 Å². The Labute approximate surface area is 137 Å². The Morgan fingerprint density at radius 3 is 1.62 bits per heavy atom. The van der Waals surface area contributed by atoms with Crippen molar-refractivity contribution in [2.75, 3.05) is 0 Å². The van der Waals surface area contributed by atoms with E-state index < -0.39 is 0 Å². The highest BCUT2D eigenvalue weighted by molar-refractivity contribution is 8.02. The van der Waals surface area contributed by atoms with E-state index >= 15 is 0 Å². The number of benzene rings is 2. The minimum Gasteiger partial charge on any atom is -0.0981 e. The van der Waals surface area contributed by atoms with Crippen molar-refractivity contribution in [2.24, 2.45) is 0 Å². The van der Waals surface area contributed by atoms with E-state index in [9.17, 15) is 0 Å². The van der Waals surface area contributed by atoms with E-state index in [-0.39, 0.29) is 0 Å². The molecule has 0 bridgehead atoms. The lowest BCUT2D eigenvalue weighted by molar-refractivity contribution is 1.16. The molecule has 0 saturated heterocycles. The molecule has 0 aliphatic heterocycles. The van der Waals surface area contributed by atoms with Gasteiger partial charge in [-0.25, -0.2) is 0 Å². The van der Waals surface area contributed by atoms with Crippen molar-refractivity contribution in [3.63, 3.8) is 0 Å². The molecule has 0 heterocycles. The van der Waals surface area contributed by atoms with Gasteiger partial charge in [0, 0.05) is 14.7 Å². The van der Waals surface area contributed by atoms with Gasteiger partial charge in [0.2, 0.25) is 0 Å². The molecule has 0 aliphatic rings. The molecule has 2 rings (SSSR count). The maximum atomic E-state index is 3.81. The van der Waals surface area contributed by atoms with Gasteiger partial charge in [0.25, 0.3) is 0 Å². The summed E-state index contributed by atoms with van der Waals surface area (Å²) in [5, 5.41) is 1.90. The Kier molecular flexibility index (Phi) is 5.23. The molecular formula is C19H22S2. The summed E-state index contributed by atoms with van der Waals surface area (Å²) >= 11 is 3.55. The van der Waals surface area contributed by atoms with Crippen LogP contribution in [0.15, 0.2) is 50.9 Å². The van der Waals surface area contributed by atoms with Gasteiger partial charge in [0.05, 0.1) is 0 Å². The van der Waals surface area contributed by atoms with E-state index in [0.717, 1.165) is 0 Å². The molecule has 0 aromatic heterocycles. The maximum absolute atomic E-state index is 3.81. The smallest absolute Gasteiger partial charge is 0.0175 e. The fourth-order valence-electron chi connectivity index (χ4n) is 2.43. The molecule has 0 unspecified atom stereocenters. The Balaban J connectivity index is 2.34. The first kappa shape index (κ1) is 16.3. The standard InChI is InChI=1S/C19H22S2/c1-7-20-19-14(4)10-18(11-15(19)5)21-17-8-12(2)16(6)13(3)9-17/h7-11H,1H2,2-6H3. The summed E-state index contributed by atoms with van der Waals surface area (Å²) < 4.78 is 0. The summed E-state index contributed by atoms with van der Waals surface area (Å²) in [6, 6.07) is 9.11. The van der Waals surface area contributed by atoms with Gasteiger partial charge in [-0.3, -0.25) is 0 Å². The zero-order valence-corrected chi connectivity index (χ0v) is 15.0. The van der Waals surface area contributed by atoms with Gasteiger partial charge in [-0.15, -0.1) is 0 Å². The Bertz CT molecular complexity index is 638. The summed E-state index contributed by atoms with van der Waals surface area (Å²) in [5.41, 5.74) is 6.77. The summed E-state index contributed by atoms with van der Waals surface area (Å²) in [5.74, 6) is 0. The normalized spacial score (nSPS) is 10.7. The summed E-state index contributed by atoms with van der Waals surface area (Å²) in [4.78, 5) is 3.95. The van der Waals surface area contributed by atoms with E-state index in [2.05, 4.69) is 65.5 Å². The lowest BCUT2D eigenvalue weighted by atomic mass is 10.1. The van der Waals surface area contributed by atoms with Gasteiger partial charge in [0.15, 0.2) is 0 Å². The molecule has 0 spiro atoms. The van der Waals surface area contributed by atoms with Gasteiger partial charge in [-0.05, 0) is 92.1 Å². The lowest BCUT2D eigenvalue weighted by Gasteiger charge is -2.12. The van der Waals surface area contributed by atoms with E-state index in [4.69, 9.17) is 0 Å². The second-order valence-electron chi connectivity index (χ2n) is 5.45. The molecule has 0 nitrogen and oxygen atoms in total. The number of rotatable bonds is 4. The number of thioether (sulfide) groups is 1. The second kappa shape index (κ2) is 6.76. The largest absolute Gasteiger partial charge is 0.0981 e. The Hall–Kier alpha value is -1.12. The number of hydrogen-bond acceptors (Lipinski definition) is 2. The van der Waals surface area contributed by atoms with Crippen molar-refractivity contribution in [2.45, 2.75) is 49.3 Å². The van der Waals surface area contributed by atoms with E-state index in [1.807, 2.05) is 17.2 Å². The highest BCUT2D eigenvalue weighted by Crippen LogP contribution is 2.35. The van der Waals surface area contributed by atoms with E-state index in [1.54, 1.807) is 11.8 Å². The molecule has 0 saturated carbocycles. The van der Waals surface area contributed by atoms with Crippen LogP contribution in [-0.2, 0) is 0 Å². The molecule has 0 N–H and O–H groups in total. The number of aryl methyl sites for hydroxylation is 4. The van der Waals surface area contributed by atoms with Crippen LogP contribution >= 0.6 is 23.5 Å². The maximum Gasteiger partial charge on any atom is 0.0175 e. The van der Waals surface area contributed by atoms with Crippen LogP contribution in [0.3, 0.4) is 0 Å². The third-order valence-corrected chi connectivity index (χ3v) is 5.76. The third kappa shape index (κ3) is 3.75. The first-order chi connectivity index (χ1) is 9.92. The topological polar surface area (TPSA) is 0 Å². The average molecular weight is 315 g/mol. The van der Waals surface area contributed by atoms with Crippen LogP contribution in [0.5, 0.6) is 0 Å². The predicted molar refractivity (Wildman–Crippen MR) is 96.7 cm³/mol. The summed E-state index contributed by atoms with van der Waals surface area (Å²) in [6.45, 7) is 14.7. The molecule has 21 heavy (non-hydrogen) atoms. The van der Waals surface area contributed by atoms with Gasteiger partial charge in [-0.1, -0.05) is 30.1 Å². The average Bonchev–Trinajstić information content (AvgIpc) is 2.40. The van der Waals surface area contributed by atoms with Crippen molar-refractivity contribution in [3.8, 4) is 0 Å². The van der Waals surface area contributed by atoms with Crippen molar-refractivity contribution >= 4 is 23.5 Å². The van der Waals surface area contributed by atoms with Gasteiger partial charge >= 0.3 is 0 Å². The van der Waals surface area contributed by atoms with Crippen LogP contribution in [0.25, 0.3) is 0 Å². The molecule has 0 atom stereocenters. The second-order valence-corrected chi connectivity index (χ2v) is 7.58. The summed E-state index contributed by atoms with van der Waals surface area (Å²) in [6.07, 6.45) is 0. The van der Waals surface area contributed by atoms with Crippen LogP contribution in [0.1, 0.15) is 27.8 Å². The van der Waals surface area contributed by atoms with Gasteiger partial charge in [-0.2, -0.15) is 0 Å². The summed E-state index contributed by atoms with van der Waals surface area (Å²) in [7, 11) is 0. The highest BCUT2D eigenvalue weighted by Gasteiger charge is 2.07. The van der Waals surface area contributed by atoms with E-state index in [0.29, 0.717) is 0 Å². The third-order valence-electron chi connectivity index (χ3n) is 3.77. The van der Waals surface area contributed by atoms with Crippen molar-refractivity contribution < 1.29 is 0 Å². The van der Waals surface area contributed by atoms with Crippen LogP contribution < -0.4 is 0 Å². The minimum absolute atomic E-state index is 1.31. The predicted octanol–water partition coefficient (Wildman–Crippen LogP) is 6.62. The molecule has 0 amide bonds. The molecule has 0 fully saturated rings. The molecule has 0 aliphatic carbocycles. The first-order valence-corrected chi connectivity index (χ1v) is 8.76. The SMILES string of the molecule is C=CSc1c(C)cc(Sc2cc(C)c(C)c(C)c2)cc1C.